The molecule has 0 radical (unpaired) electrons. The van der Waals surface area contributed by atoms with Gasteiger partial charge in [-0.25, -0.2) is 0 Å². The van der Waals surface area contributed by atoms with E-state index in [4.69, 9.17) is 4.74 Å². The predicted molar refractivity (Wildman–Crippen MR) is 66.7 cm³/mol. The van der Waals surface area contributed by atoms with Crippen LogP contribution in [0.15, 0.2) is 0 Å². The summed E-state index contributed by atoms with van der Waals surface area (Å²) in [6.07, 6.45) is 5.74. The van der Waals surface area contributed by atoms with E-state index >= 15 is 0 Å². The van der Waals surface area contributed by atoms with Crippen LogP contribution in [0.25, 0.3) is 0 Å². The number of hydrogen-bond donors (Lipinski definition) is 1. The standard InChI is InChI=1S/C13H26N2O/c1-3-16-13-8-12(9-13)15(2)10-11-4-6-14-7-5-11/h11-14H,3-10H2,1-2H3. The van der Waals surface area contributed by atoms with Crippen LogP contribution >= 0.6 is 0 Å². The molecule has 2 rings (SSSR count). The quantitative estimate of drug-likeness (QED) is 0.768. The highest BCUT2D eigenvalue weighted by molar-refractivity contribution is 4.88. The van der Waals surface area contributed by atoms with E-state index in [1.165, 1.54) is 45.3 Å². The summed E-state index contributed by atoms with van der Waals surface area (Å²) < 4.78 is 5.61. The number of rotatable bonds is 5. The van der Waals surface area contributed by atoms with E-state index in [9.17, 15) is 0 Å². The zero-order chi connectivity index (χ0) is 11.4. The minimum Gasteiger partial charge on any atom is -0.378 e. The lowest BCUT2D eigenvalue weighted by molar-refractivity contribution is -0.0436. The summed E-state index contributed by atoms with van der Waals surface area (Å²) in [5, 5.41) is 3.43. The first kappa shape index (κ1) is 12.3. The molecule has 3 nitrogen and oxygen atoms in total. The highest BCUT2D eigenvalue weighted by atomic mass is 16.5. The van der Waals surface area contributed by atoms with Crippen molar-refractivity contribution in [3.63, 3.8) is 0 Å². The molecule has 16 heavy (non-hydrogen) atoms. The molecule has 0 unspecified atom stereocenters. The summed E-state index contributed by atoms with van der Waals surface area (Å²) in [6, 6.07) is 0.784. The Morgan fingerprint density at radius 2 is 1.94 bits per heavy atom. The molecule has 1 aliphatic carbocycles. The fraction of sp³-hybridized carbons (Fsp3) is 1.00. The highest BCUT2D eigenvalue weighted by Gasteiger charge is 2.33. The average Bonchev–Trinajstić information content (AvgIpc) is 2.24. The molecular weight excluding hydrogens is 200 g/mol. The van der Waals surface area contributed by atoms with Gasteiger partial charge < -0.3 is 15.0 Å². The van der Waals surface area contributed by atoms with Gasteiger partial charge in [-0.3, -0.25) is 0 Å². The van der Waals surface area contributed by atoms with Crippen molar-refractivity contribution in [3.05, 3.63) is 0 Å². The molecule has 1 aliphatic heterocycles. The van der Waals surface area contributed by atoms with Crippen molar-refractivity contribution in [2.75, 3.05) is 33.3 Å². The van der Waals surface area contributed by atoms with Crippen molar-refractivity contribution in [1.82, 2.24) is 10.2 Å². The number of nitrogens with zero attached hydrogens (tertiary/aromatic N) is 1. The lowest BCUT2D eigenvalue weighted by atomic mass is 9.87. The second-order valence-electron chi connectivity index (χ2n) is 5.34. The third-order valence-electron chi connectivity index (χ3n) is 4.10. The first-order valence-corrected chi connectivity index (χ1v) is 6.82. The summed E-state index contributed by atoms with van der Waals surface area (Å²) in [6.45, 7) is 6.67. The molecule has 0 bridgehead atoms. The summed E-state index contributed by atoms with van der Waals surface area (Å²) in [5.74, 6) is 0.914. The van der Waals surface area contributed by atoms with Crippen molar-refractivity contribution < 1.29 is 4.74 Å². The van der Waals surface area contributed by atoms with E-state index in [-0.39, 0.29) is 0 Å². The van der Waals surface area contributed by atoms with Crippen molar-refractivity contribution in [1.29, 1.82) is 0 Å². The smallest absolute Gasteiger partial charge is 0.0604 e. The molecule has 0 aromatic rings. The lowest BCUT2D eigenvalue weighted by Gasteiger charge is -2.42. The number of ether oxygens (including phenoxy) is 1. The van der Waals surface area contributed by atoms with Crippen molar-refractivity contribution in [2.24, 2.45) is 5.92 Å². The average molecular weight is 226 g/mol. The van der Waals surface area contributed by atoms with Gasteiger partial charge in [-0.2, -0.15) is 0 Å². The monoisotopic (exact) mass is 226 g/mol. The van der Waals surface area contributed by atoms with E-state index in [1.54, 1.807) is 0 Å². The SMILES string of the molecule is CCOC1CC(N(C)CC2CCNCC2)C1. The summed E-state index contributed by atoms with van der Waals surface area (Å²) in [7, 11) is 2.29. The number of piperidine rings is 1. The Balaban J connectivity index is 1.63. The van der Waals surface area contributed by atoms with Crippen molar-refractivity contribution in [2.45, 2.75) is 44.8 Å². The van der Waals surface area contributed by atoms with Crippen LogP contribution in [-0.4, -0.2) is 50.3 Å². The Bertz CT molecular complexity index is 198. The zero-order valence-corrected chi connectivity index (χ0v) is 10.7. The third kappa shape index (κ3) is 3.19. The molecule has 1 heterocycles. The molecule has 2 fully saturated rings. The molecule has 2 aliphatic rings. The van der Waals surface area contributed by atoms with E-state index in [0.29, 0.717) is 6.10 Å². The van der Waals surface area contributed by atoms with Crippen LogP contribution in [-0.2, 0) is 4.74 Å². The maximum atomic E-state index is 5.61. The first-order valence-electron chi connectivity index (χ1n) is 6.82. The minimum absolute atomic E-state index is 0.547. The van der Waals surface area contributed by atoms with Crippen LogP contribution < -0.4 is 5.32 Å². The van der Waals surface area contributed by atoms with E-state index in [0.717, 1.165) is 18.6 Å². The summed E-state index contributed by atoms with van der Waals surface area (Å²) >= 11 is 0. The molecule has 0 aromatic carbocycles. The Labute approximate surface area is 99.5 Å². The van der Waals surface area contributed by atoms with Crippen LogP contribution in [0.4, 0.5) is 0 Å². The largest absolute Gasteiger partial charge is 0.378 e. The Morgan fingerprint density at radius 1 is 1.25 bits per heavy atom. The minimum atomic E-state index is 0.547. The molecule has 1 N–H and O–H groups in total. The molecule has 0 aromatic heterocycles. The number of hydrogen-bond acceptors (Lipinski definition) is 3. The number of nitrogens with one attached hydrogen (secondary N) is 1. The van der Waals surface area contributed by atoms with Gasteiger partial charge in [0.15, 0.2) is 0 Å². The van der Waals surface area contributed by atoms with Crippen molar-refractivity contribution >= 4 is 0 Å². The van der Waals surface area contributed by atoms with Crippen molar-refractivity contribution in [3.8, 4) is 0 Å². The Morgan fingerprint density at radius 3 is 2.56 bits per heavy atom. The fourth-order valence-corrected chi connectivity index (χ4v) is 2.89. The molecule has 1 saturated heterocycles. The molecule has 0 spiro atoms. The van der Waals surface area contributed by atoms with Gasteiger partial charge in [-0.1, -0.05) is 0 Å². The third-order valence-corrected chi connectivity index (χ3v) is 4.10. The van der Waals surface area contributed by atoms with Gasteiger partial charge in [0.25, 0.3) is 0 Å². The highest BCUT2D eigenvalue weighted by Crippen LogP contribution is 2.28. The molecule has 0 amide bonds. The zero-order valence-electron chi connectivity index (χ0n) is 10.7. The molecule has 94 valence electrons. The molecule has 1 saturated carbocycles. The van der Waals surface area contributed by atoms with Crippen LogP contribution in [0.1, 0.15) is 32.6 Å². The van der Waals surface area contributed by atoms with E-state index < -0.39 is 0 Å². The van der Waals surface area contributed by atoms with Gasteiger partial charge in [-0.05, 0) is 58.7 Å². The summed E-state index contributed by atoms with van der Waals surface area (Å²) in [4.78, 5) is 2.56. The predicted octanol–water partition coefficient (Wildman–Crippen LogP) is 1.49. The maximum absolute atomic E-state index is 5.61. The van der Waals surface area contributed by atoms with E-state index in [1.807, 2.05) is 0 Å². The first-order chi connectivity index (χ1) is 7.79. The van der Waals surface area contributed by atoms with Crippen LogP contribution in [0.5, 0.6) is 0 Å². The van der Waals surface area contributed by atoms with Gasteiger partial charge in [0.05, 0.1) is 6.10 Å². The second-order valence-corrected chi connectivity index (χ2v) is 5.34. The molecule has 0 atom stereocenters. The fourth-order valence-electron chi connectivity index (χ4n) is 2.89. The Hall–Kier alpha value is -0.120. The topological polar surface area (TPSA) is 24.5 Å². The molecular formula is C13H26N2O. The van der Waals surface area contributed by atoms with E-state index in [2.05, 4.69) is 24.2 Å². The van der Waals surface area contributed by atoms with Gasteiger partial charge >= 0.3 is 0 Å². The van der Waals surface area contributed by atoms with Gasteiger partial charge in [0.1, 0.15) is 0 Å². The van der Waals surface area contributed by atoms with Gasteiger partial charge in [-0.15, -0.1) is 0 Å². The Kier molecular flexibility index (Phi) is 4.62. The van der Waals surface area contributed by atoms with Crippen LogP contribution in [0, 0.1) is 5.92 Å². The van der Waals surface area contributed by atoms with Crippen LogP contribution in [0.2, 0.25) is 0 Å². The van der Waals surface area contributed by atoms with Gasteiger partial charge in [0, 0.05) is 19.2 Å². The van der Waals surface area contributed by atoms with Gasteiger partial charge in [0.2, 0.25) is 0 Å². The molecule has 3 heteroatoms. The second kappa shape index (κ2) is 5.99. The lowest BCUT2D eigenvalue weighted by Crippen LogP contribution is -2.48. The van der Waals surface area contributed by atoms with Crippen LogP contribution in [0.3, 0.4) is 0 Å². The summed E-state index contributed by atoms with van der Waals surface area (Å²) in [5.41, 5.74) is 0. The maximum Gasteiger partial charge on any atom is 0.0604 e. The normalized spacial score (nSPS) is 31.7.